The number of carboxylic acids is 1. The van der Waals surface area contributed by atoms with Crippen molar-refractivity contribution in [3.05, 3.63) is 40.6 Å². The molecule has 0 unspecified atom stereocenters. The van der Waals surface area contributed by atoms with Crippen LogP contribution in [0.25, 0.3) is 0 Å². The van der Waals surface area contributed by atoms with Gasteiger partial charge in [0, 0.05) is 0 Å². The van der Waals surface area contributed by atoms with Crippen LogP contribution >= 0.6 is 0 Å². The average molecular weight is 247 g/mol. The molecule has 2 aromatic rings. The summed E-state index contributed by atoms with van der Waals surface area (Å²) in [6, 6.07) is 5.97. The first-order valence-electron chi connectivity index (χ1n) is 5.41. The highest BCUT2D eigenvalue weighted by molar-refractivity contribution is 5.87. The number of hydrogen-bond acceptors (Lipinski definition) is 4. The van der Waals surface area contributed by atoms with Crippen molar-refractivity contribution in [2.24, 2.45) is 0 Å². The Kier molecular flexibility index (Phi) is 3.27. The number of H-pyrrole nitrogens is 1. The molecule has 0 aliphatic rings. The number of nitrogens with zero attached hydrogens (tertiary/aromatic N) is 2. The number of aromatic nitrogens is 3. The van der Waals surface area contributed by atoms with Crippen LogP contribution in [0.5, 0.6) is 5.88 Å². The summed E-state index contributed by atoms with van der Waals surface area (Å²) in [5.41, 5.74) is 3.11. The van der Waals surface area contributed by atoms with E-state index in [1.165, 1.54) is 5.56 Å². The van der Waals surface area contributed by atoms with Crippen LogP contribution in [0.4, 0.5) is 0 Å². The van der Waals surface area contributed by atoms with Gasteiger partial charge in [-0.25, -0.2) is 9.89 Å². The summed E-state index contributed by atoms with van der Waals surface area (Å²) in [5.74, 6) is -1.14. The van der Waals surface area contributed by atoms with E-state index in [0.29, 0.717) is 0 Å². The Morgan fingerprint density at radius 1 is 1.44 bits per heavy atom. The van der Waals surface area contributed by atoms with Crippen LogP contribution in [0.3, 0.4) is 0 Å². The number of aromatic carboxylic acids is 1. The van der Waals surface area contributed by atoms with Gasteiger partial charge in [0.25, 0.3) is 5.88 Å². The maximum atomic E-state index is 10.8. The SMILES string of the molecule is Cc1ccc(COc2nn[nH]c2C(=O)O)c(C)c1. The third kappa shape index (κ3) is 2.48. The molecule has 0 aliphatic carbocycles. The van der Waals surface area contributed by atoms with Gasteiger partial charge >= 0.3 is 5.97 Å². The Balaban J connectivity index is 2.11. The van der Waals surface area contributed by atoms with Gasteiger partial charge in [-0.2, -0.15) is 0 Å². The molecule has 18 heavy (non-hydrogen) atoms. The standard InChI is InChI=1S/C12H13N3O3/c1-7-3-4-9(8(2)5-7)6-18-11-10(12(16)17)13-15-14-11/h3-5H,6H2,1-2H3,(H,16,17)(H,13,14,15). The second kappa shape index (κ2) is 4.87. The summed E-state index contributed by atoms with van der Waals surface area (Å²) in [5, 5.41) is 18.1. The summed E-state index contributed by atoms with van der Waals surface area (Å²) in [7, 11) is 0. The van der Waals surface area contributed by atoms with E-state index in [-0.39, 0.29) is 18.2 Å². The van der Waals surface area contributed by atoms with E-state index < -0.39 is 5.97 Å². The molecule has 2 N–H and O–H groups in total. The summed E-state index contributed by atoms with van der Waals surface area (Å²) < 4.78 is 5.36. The van der Waals surface area contributed by atoms with Crippen molar-refractivity contribution in [1.29, 1.82) is 0 Å². The minimum Gasteiger partial charge on any atom is -0.476 e. The van der Waals surface area contributed by atoms with Crippen LogP contribution < -0.4 is 4.74 Å². The third-order valence-corrected chi connectivity index (χ3v) is 2.59. The molecule has 0 fully saturated rings. The van der Waals surface area contributed by atoms with Gasteiger partial charge < -0.3 is 9.84 Å². The quantitative estimate of drug-likeness (QED) is 0.858. The highest BCUT2D eigenvalue weighted by atomic mass is 16.5. The maximum Gasteiger partial charge on any atom is 0.359 e. The lowest BCUT2D eigenvalue weighted by Crippen LogP contribution is -2.04. The normalized spacial score (nSPS) is 10.3. The van der Waals surface area contributed by atoms with E-state index in [1.807, 2.05) is 32.0 Å². The third-order valence-electron chi connectivity index (χ3n) is 2.59. The van der Waals surface area contributed by atoms with Crippen LogP contribution in [0.15, 0.2) is 18.2 Å². The van der Waals surface area contributed by atoms with Gasteiger partial charge in [0.15, 0.2) is 0 Å². The molecule has 1 heterocycles. The first-order chi connectivity index (χ1) is 8.58. The molecule has 94 valence electrons. The number of nitrogens with one attached hydrogen (secondary N) is 1. The summed E-state index contributed by atoms with van der Waals surface area (Å²) in [6.45, 7) is 4.25. The average Bonchev–Trinajstić information content (AvgIpc) is 2.76. The minimum absolute atomic E-state index is 0.00229. The number of carbonyl (C=O) groups is 1. The van der Waals surface area contributed by atoms with Gasteiger partial charge in [0.1, 0.15) is 6.61 Å². The summed E-state index contributed by atoms with van der Waals surface area (Å²) in [6.07, 6.45) is 0. The Hall–Kier alpha value is -2.37. The molecular weight excluding hydrogens is 234 g/mol. The van der Waals surface area contributed by atoms with Crippen molar-refractivity contribution in [2.45, 2.75) is 20.5 Å². The fourth-order valence-corrected chi connectivity index (χ4v) is 1.61. The van der Waals surface area contributed by atoms with Gasteiger partial charge in [0.05, 0.1) is 0 Å². The predicted octanol–water partition coefficient (Wildman–Crippen LogP) is 1.70. The Labute approximate surface area is 104 Å². The number of carboxylic acid groups (broad SMARTS) is 1. The topological polar surface area (TPSA) is 88.1 Å². The molecule has 6 heteroatoms. The summed E-state index contributed by atoms with van der Waals surface area (Å²) >= 11 is 0. The van der Waals surface area contributed by atoms with Crippen molar-refractivity contribution in [3.8, 4) is 5.88 Å². The highest BCUT2D eigenvalue weighted by Gasteiger charge is 2.15. The number of rotatable bonds is 4. The van der Waals surface area contributed by atoms with E-state index in [0.717, 1.165) is 11.1 Å². The molecule has 0 saturated heterocycles. The van der Waals surface area contributed by atoms with Crippen molar-refractivity contribution >= 4 is 5.97 Å². The van der Waals surface area contributed by atoms with Gasteiger partial charge in [0.2, 0.25) is 5.69 Å². The van der Waals surface area contributed by atoms with Crippen LogP contribution in [0.1, 0.15) is 27.2 Å². The zero-order valence-corrected chi connectivity index (χ0v) is 10.1. The van der Waals surface area contributed by atoms with E-state index in [2.05, 4.69) is 15.4 Å². The molecule has 0 saturated carbocycles. The molecule has 0 spiro atoms. The zero-order valence-electron chi connectivity index (χ0n) is 10.1. The number of ether oxygens (including phenoxy) is 1. The predicted molar refractivity (Wildman–Crippen MR) is 63.6 cm³/mol. The van der Waals surface area contributed by atoms with Gasteiger partial charge in [-0.15, -0.1) is 0 Å². The molecule has 0 atom stereocenters. The van der Waals surface area contributed by atoms with E-state index in [9.17, 15) is 4.79 Å². The second-order valence-electron chi connectivity index (χ2n) is 4.02. The Morgan fingerprint density at radius 2 is 2.22 bits per heavy atom. The molecule has 0 radical (unpaired) electrons. The van der Waals surface area contributed by atoms with E-state index in [1.54, 1.807) is 0 Å². The van der Waals surface area contributed by atoms with Gasteiger partial charge in [-0.3, -0.25) is 0 Å². The summed E-state index contributed by atoms with van der Waals surface area (Å²) in [4.78, 5) is 10.8. The molecule has 1 aromatic heterocycles. The number of aryl methyl sites for hydroxylation is 2. The maximum absolute atomic E-state index is 10.8. The second-order valence-corrected chi connectivity index (χ2v) is 4.02. The van der Waals surface area contributed by atoms with E-state index >= 15 is 0 Å². The molecule has 0 aliphatic heterocycles. The highest BCUT2D eigenvalue weighted by Crippen LogP contribution is 2.16. The number of benzene rings is 1. The molecule has 0 bridgehead atoms. The Morgan fingerprint density at radius 3 is 2.89 bits per heavy atom. The van der Waals surface area contributed by atoms with Crippen molar-refractivity contribution in [1.82, 2.24) is 15.4 Å². The van der Waals surface area contributed by atoms with Crippen molar-refractivity contribution in [3.63, 3.8) is 0 Å². The monoisotopic (exact) mass is 247 g/mol. The van der Waals surface area contributed by atoms with Crippen molar-refractivity contribution < 1.29 is 14.6 Å². The number of aromatic amines is 1. The molecule has 0 amide bonds. The van der Waals surface area contributed by atoms with Crippen LogP contribution in [0.2, 0.25) is 0 Å². The molecular formula is C12H13N3O3. The zero-order chi connectivity index (χ0) is 13.1. The van der Waals surface area contributed by atoms with Crippen LogP contribution in [-0.4, -0.2) is 26.5 Å². The minimum atomic E-state index is -1.14. The van der Waals surface area contributed by atoms with Gasteiger partial charge in [-0.05, 0) is 25.0 Å². The lowest BCUT2D eigenvalue weighted by molar-refractivity contribution is 0.0685. The molecule has 6 nitrogen and oxygen atoms in total. The largest absolute Gasteiger partial charge is 0.476 e. The first-order valence-corrected chi connectivity index (χ1v) is 5.41. The van der Waals surface area contributed by atoms with Crippen LogP contribution in [-0.2, 0) is 6.61 Å². The fourth-order valence-electron chi connectivity index (χ4n) is 1.61. The van der Waals surface area contributed by atoms with Gasteiger partial charge in [-0.1, -0.05) is 34.1 Å². The lowest BCUT2D eigenvalue weighted by atomic mass is 10.1. The Bertz CT molecular complexity index is 578. The smallest absolute Gasteiger partial charge is 0.359 e. The first kappa shape index (κ1) is 12.1. The number of hydrogen-bond donors (Lipinski definition) is 2. The molecule has 1 aromatic carbocycles. The fraction of sp³-hybridized carbons (Fsp3) is 0.250. The van der Waals surface area contributed by atoms with Crippen LogP contribution in [0, 0.1) is 13.8 Å². The molecule has 2 rings (SSSR count). The lowest BCUT2D eigenvalue weighted by Gasteiger charge is -2.07. The van der Waals surface area contributed by atoms with E-state index in [4.69, 9.17) is 9.84 Å². The van der Waals surface area contributed by atoms with Crippen molar-refractivity contribution in [2.75, 3.05) is 0 Å².